The molecule has 0 radical (unpaired) electrons. The Labute approximate surface area is 123 Å². The number of aliphatic hydroxyl groups excluding tert-OH is 1. The van der Waals surface area contributed by atoms with Crippen molar-refractivity contribution in [2.75, 3.05) is 0 Å². The second-order valence-corrected chi connectivity index (χ2v) is 5.16. The van der Waals surface area contributed by atoms with Gasteiger partial charge in [0.25, 0.3) is 0 Å². The van der Waals surface area contributed by atoms with Crippen LogP contribution in [0.5, 0.6) is 5.75 Å². The van der Waals surface area contributed by atoms with Gasteiger partial charge in [-0.25, -0.2) is 8.78 Å². The third kappa shape index (κ3) is 4.02. The van der Waals surface area contributed by atoms with E-state index in [0.717, 1.165) is 6.07 Å². The molecule has 112 valence electrons. The SMILES string of the molecule is CC(C)Oc1ccccc1C(O)Cc1ccc(F)cc1F. The molecule has 0 amide bonds. The van der Waals surface area contributed by atoms with Crippen LogP contribution in [-0.4, -0.2) is 11.2 Å². The highest BCUT2D eigenvalue weighted by atomic mass is 19.1. The highest BCUT2D eigenvalue weighted by Gasteiger charge is 2.16. The summed E-state index contributed by atoms with van der Waals surface area (Å²) < 4.78 is 32.2. The Morgan fingerprint density at radius 1 is 1.10 bits per heavy atom. The molecule has 2 aromatic rings. The third-order valence-electron chi connectivity index (χ3n) is 3.07. The lowest BCUT2D eigenvalue weighted by Crippen LogP contribution is -2.11. The molecule has 2 aromatic carbocycles. The fraction of sp³-hybridized carbons (Fsp3) is 0.294. The molecule has 0 saturated heterocycles. The Morgan fingerprint density at radius 3 is 2.48 bits per heavy atom. The predicted molar refractivity (Wildman–Crippen MR) is 77.2 cm³/mol. The van der Waals surface area contributed by atoms with Crippen LogP contribution < -0.4 is 4.74 Å². The van der Waals surface area contributed by atoms with Gasteiger partial charge in [-0.3, -0.25) is 0 Å². The molecule has 4 heteroatoms. The quantitative estimate of drug-likeness (QED) is 0.901. The first-order valence-electron chi connectivity index (χ1n) is 6.85. The van der Waals surface area contributed by atoms with Crippen LogP contribution in [0, 0.1) is 11.6 Å². The van der Waals surface area contributed by atoms with Crippen LogP contribution in [0.15, 0.2) is 42.5 Å². The van der Waals surface area contributed by atoms with Crippen molar-refractivity contribution >= 4 is 0 Å². The van der Waals surface area contributed by atoms with Crippen LogP contribution in [0.2, 0.25) is 0 Å². The summed E-state index contributed by atoms with van der Waals surface area (Å²) in [4.78, 5) is 0. The molecule has 0 aliphatic carbocycles. The van der Waals surface area contributed by atoms with Crippen molar-refractivity contribution in [2.45, 2.75) is 32.5 Å². The van der Waals surface area contributed by atoms with Gasteiger partial charge in [0.1, 0.15) is 17.4 Å². The Kier molecular flexibility index (Phi) is 4.91. The molecule has 0 aliphatic rings. The minimum absolute atomic E-state index is 0.0269. The zero-order valence-electron chi connectivity index (χ0n) is 12.0. The first-order chi connectivity index (χ1) is 9.97. The molecule has 0 heterocycles. The van der Waals surface area contributed by atoms with Gasteiger partial charge < -0.3 is 9.84 Å². The molecule has 1 N–H and O–H groups in total. The van der Waals surface area contributed by atoms with Crippen molar-refractivity contribution in [2.24, 2.45) is 0 Å². The monoisotopic (exact) mass is 292 g/mol. The first-order valence-corrected chi connectivity index (χ1v) is 6.85. The lowest BCUT2D eigenvalue weighted by Gasteiger charge is -2.18. The van der Waals surface area contributed by atoms with E-state index in [2.05, 4.69) is 0 Å². The largest absolute Gasteiger partial charge is 0.491 e. The third-order valence-corrected chi connectivity index (χ3v) is 3.07. The van der Waals surface area contributed by atoms with E-state index in [0.29, 0.717) is 11.3 Å². The minimum Gasteiger partial charge on any atom is -0.491 e. The number of para-hydroxylation sites is 1. The second-order valence-electron chi connectivity index (χ2n) is 5.16. The van der Waals surface area contributed by atoms with Crippen LogP contribution in [0.1, 0.15) is 31.1 Å². The number of ether oxygens (including phenoxy) is 1. The molecule has 1 unspecified atom stereocenters. The standard InChI is InChI=1S/C17H18F2O2/c1-11(2)21-17-6-4-3-5-14(17)16(20)9-12-7-8-13(18)10-15(12)19/h3-8,10-11,16,20H,9H2,1-2H3. The summed E-state index contributed by atoms with van der Waals surface area (Å²) in [6.07, 6.45) is -0.884. The van der Waals surface area contributed by atoms with Crippen LogP contribution in [0.4, 0.5) is 8.78 Å². The summed E-state index contributed by atoms with van der Waals surface area (Å²) in [6.45, 7) is 3.78. The van der Waals surface area contributed by atoms with E-state index in [4.69, 9.17) is 4.74 Å². The Morgan fingerprint density at radius 2 is 1.81 bits per heavy atom. The van der Waals surface area contributed by atoms with Crippen molar-refractivity contribution in [3.8, 4) is 5.75 Å². The van der Waals surface area contributed by atoms with Gasteiger partial charge in [0.15, 0.2) is 0 Å². The summed E-state index contributed by atoms with van der Waals surface area (Å²) in [7, 11) is 0. The van der Waals surface area contributed by atoms with E-state index in [1.54, 1.807) is 18.2 Å². The first kappa shape index (κ1) is 15.4. The number of hydrogen-bond donors (Lipinski definition) is 1. The molecule has 2 nitrogen and oxygen atoms in total. The molecule has 0 aliphatic heterocycles. The topological polar surface area (TPSA) is 29.5 Å². The summed E-state index contributed by atoms with van der Waals surface area (Å²) in [5.74, 6) is -0.715. The highest BCUT2D eigenvalue weighted by Crippen LogP contribution is 2.29. The van der Waals surface area contributed by atoms with E-state index < -0.39 is 17.7 Å². The van der Waals surface area contributed by atoms with Gasteiger partial charge in [-0.15, -0.1) is 0 Å². The molecule has 0 aromatic heterocycles. The van der Waals surface area contributed by atoms with Gasteiger partial charge in [-0.1, -0.05) is 24.3 Å². The summed E-state index contributed by atoms with van der Waals surface area (Å²) in [5.41, 5.74) is 0.859. The summed E-state index contributed by atoms with van der Waals surface area (Å²) >= 11 is 0. The normalized spacial score (nSPS) is 12.5. The molecule has 1 atom stereocenters. The predicted octanol–water partition coefficient (Wildman–Crippen LogP) is 4.03. The number of halogens is 2. The number of aliphatic hydroxyl groups is 1. The molecular formula is C17H18F2O2. The summed E-state index contributed by atoms with van der Waals surface area (Å²) in [6, 6.07) is 10.4. The van der Waals surface area contributed by atoms with Crippen LogP contribution in [0.25, 0.3) is 0 Å². The maximum Gasteiger partial charge on any atom is 0.129 e. The van der Waals surface area contributed by atoms with Crippen molar-refractivity contribution in [3.63, 3.8) is 0 Å². The minimum atomic E-state index is -0.917. The molecule has 21 heavy (non-hydrogen) atoms. The van der Waals surface area contributed by atoms with Gasteiger partial charge >= 0.3 is 0 Å². The molecule has 0 fully saturated rings. The average molecular weight is 292 g/mol. The van der Waals surface area contributed by atoms with Gasteiger partial charge in [0, 0.05) is 18.1 Å². The zero-order valence-corrected chi connectivity index (χ0v) is 12.0. The van der Waals surface area contributed by atoms with Crippen LogP contribution in [-0.2, 0) is 6.42 Å². The van der Waals surface area contributed by atoms with E-state index in [1.807, 2.05) is 19.9 Å². The summed E-state index contributed by atoms with van der Waals surface area (Å²) in [5, 5.41) is 10.3. The average Bonchev–Trinajstić information content (AvgIpc) is 2.42. The Bertz CT molecular complexity index is 611. The fourth-order valence-electron chi connectivity index (χ4n) is 2.12. The van der Waals surface area contributed by atoms with Crippen molar-refractivity contribution in [3.05, 3.63) is 65.2 Å². The Hall–Kier alpha value is -1.94. The Balaban J connectivity index is 2.22. The smallest absolute Gasteiger partial charge is 0.129 e. The molecule has 2 rings (SSSR count). The van der Waals surface area contributed by atoms with E-state index in [1.165, 1.54) is 12.1 Å². The van der Waals surface area contributed by atoms with Crippen molar-refractivity contribution < 1.29 is 18.6 Å². The maximum absolute atomic E-state index is 13.7. The number of hydrogen-bond acceptors (Lipinski definition) is 2. The number of rotatable bonds is 5. The van der Waals surface area contributed by atoms with Gasteiger partial charge in [0.05, 0.1) is 12.2 Å². The van der Waals surface area contributed by atoms with Crippen molar-refractivity contribution in [1.29, 1.82) is 0 Å². The van der Waals surface area contributed by atoms with Gasteiger partial charge in [-0.05, 0) is 31.5 Å². The molecule has 0 bridgehead atoms. The maximum atomic E-state index is 13.7. The van der Waals surface area contributed by atoms with E-state index in [9.17, 15) is 13.9 Å². The van der Waals surface area contributed by atoms with Crippen LogP contribution in [0.3, 0.4) is 0 Å². The molecular weight excluding hydrogens is 274 g/mol. The van der Waals surface area contributed by atoms with Crippen LogP contribution >= 0.6 is 0 Å². The van der Waals surface area contributed by atoms with Crippen molar-refractivity contribution in [1.82, 2.24) is 0 Å². The highest BCUT2D eigenvalue weighted by molar-refractivity contribution is 5.36. The van der Waals surface area contributed by atoms with E-state index >= 15 is 0 Å². The molecule has 0 spiro atoms. The molecule has 0 saturated carbocycles. The zero-order chi connectivity index (χ0) is 15.4. The van der Waals surface area contributed by atoms with E-state index in [-0.39, 0.29) is 18.1 Å². The number of benzene rings is 2. The fourth-order valence-corrected chi connectivity index (χ4v) is 2.12. The lowest BCUT2D eigenvalue weighted by molar-refractivity contribution is 0.165. The van der Waals surface area contributed by atoms with Gasteiger partial charge in [0.2, 0.25) is 0 Å². The lowest BCUT2D eigenvalue weighted by atomic mass is 10.00. The second kappa shape index (κ2) is 6.68. The van der Waals surface area contributed by atoms with Gasteiger partial charge in [-0.2, -0.15) is 0 Å².